The first kappa shape index (κ1) is 18.6. The van der Waals surface area contributed by atoms with E-state index in [2.05, 4.69) is 17.2 Å². The minimum atomic E-state index is 0.176. The van der Waals surface area contributed by atoms with Gasteiger partial charge in [-0.05, 0) is 24.1 Å². The first-order valence-electron chi connectivity index (χ1n) is 10.1. The zero-order chi connectivity index (χ0) is 20.2. The van der Waals surface area contributed by atoms with Crippen molar-refractivity contribution in [1.82, 2.24) is 24.5 Å². The summed E-state index contributed by atoms with van der Waals surface area (Å²) in [5, 5.41) is 9.27. The van der Waals surface area contributed by atoms with E-state index < -0.39 is 0 Å². The number of ether oxygens (including phenoxy) is 2. The molecule has 152 valence electrons. The van der Waals surface area contributed by atoms with Gasteiger partial charge in [0.25, 0.3) is 0 Å². The second-order valence-corrected chi connectivity index (χ2v) is 7.33. The van der Waals surface area contributed by atoms with E-state index >= 15 is 0 Å². The minimum Gasteiger partial charge on any atom is -0.486 e. The summed E-state index contributed by atoms with van der Waals surface area (Å²) >= 11 is 0. The molecule has 1 fully saturated rings. The number of hydrogen-bond acceptors (Lipinski definition) is 5. The Morgan fingerprint density at radius 1 is 1.03 bits per heavy atom. The van der Waals surface area contributed by atoms with Crippen LogP contribution in [0.15, 0.2) is 73.1 Å². The fourth-order valence-electron chi connectivity index (χ4n) is 3.60. The van der Waals surface area contributed by atoms with Crippen molar-refractivity contribution < 1.29 is 9.47 Å². The highest BCUT2D eigenvalue weighted by atomic mass is 16.5. The van der Waals surface area contributed by atoms with Gasteiger partial charge in [-0.3, -0.25) is 4.68 Å². The molecule has 1 saturated heterocycles. The second-order valence-electron chi connectivity index (χ2n) is 7.33. The average molecular weight is 401 g/mol. The summed E-state index contributed by atoms with van der Waals surface area (Å²) in [6, 6.07) is 20.2. The molecule has 0 amide bonds. The number of benzene rings is 2. The molecule has 7 heteroatoms. The lowest BCUT2D eigenvalue weighted by molar-refractivity contribution is 0.184. The smallest absolute Gasteiger partial charge is 0.188 e. The minimum absolute atomic E-state index is 0.176. The predicted octanol–water partition coefficient (Wildman–Crippen LogP) is 3.73. The molecule has 0 saturated carbocycles. The molecule has 7 nitrogen and oxygen atoms in total. The van der Waals surface area contributed by atoms with E-state index in [4.69, 9.17) is 19.6 Å². The second kappa shape index (κ2) is 8.51. The fourth-order valence-corrected chi connectivity index (χ4v) is 3.60. The molecule has 0 aliphatic carbocycles. The molecule has 2 aromatic carbocycles. The van der Waals surface area contributed by atoms with Crippen molar-refractivity contribution >= 4 is 0 Å². The summed E-state index contributed by atoms with van der Waals surface area (Å²) < 4.78 is 15.3. The highest BCUT2D eigenvalue weighted by Gasteiger charge is 2.24. The summed E-state index contributed by atoms with van der Waals surface area (Å²) in [7, 11) is 0. The molecule has 1 unspecified atom stereocenters. The van der Waals surface area contributed by atoms with Gasteiger partial charge < -0.3 is 9.47 Å². The van der Waals surface area contributed by atoms with Crippen LogP contribution in [0.5, 0.6) is 5.75 Å². The monoisotopic (exact) mass is 401 g/mol. The van der Waals surface area contributed by atoms with E-state index in [1.165, 1.54) is 5.56 Å². The topological polar surface area (TPSA) is 67.0 Å². The zero-order valence-electron chi connectivity index (χ0n) is 16.6. The van der Waals surface area contributed by atoms with Crippen LogP contribution in [-0.2, 0) is 17.9 Å². The number of nitrogens with zero attached hydrogens (tertiary/aromatic N) is 5. The van der Waals surface area contributed by atoms with Crippen molar-refractivity contribution in [3.05, 3.63) is 84.4 Å². The summed E-state index contributed by atoms with van der Waals surface area (Å²) in [6.45, 7) is 2.42. The Morgan fingerprint density at radius 2 is 1.83 bits per heavy atom. The van der Waals surface area contributed by atoms with E-state index in [1.807, 2.05) is 70.3 Å². The molecule has 2 aromatic heterocycles. The van der Waals surface area contributed by atoms with Gasteiger partial charge in [-0.25, -0.2) is 9.67 Å². The maximum absolute atomic E-state index is 5.85. The molecule has 0 radical (unpaired) electrons. The Labute approximate surface area is 174 Å². The number of rotatable bonds is 7. The van der Waals surface area contributed by atoms with Crippen molar-refractivity contribution in [3.8, 4) is 17.1 Å². The lowest BCUT2D eigenvalue weighted by atomic mass is 10.2. The Hall–Kier alpha value is -3.45. The summed E-state index contributed by atoms with van der Waals surface area (Å²) in [5.74, 6) is 2.25. The van der Waals surface area contributed by atoms with Gasteiger partial charge in [-0.1, -0.05) is 48.5 Å². The van der Waals surface area contributed by atoms with Crippen molar-refractivity contribution in [2.24, 2.45) is 0 Å². The van der Waals surface area contributed by atoms with E-state index in [1.54, 1.807) is 0 Å². The molecular formula is C23H23N5O2. The van der Waals surface area contributed by atoms with Gasteiger partial charge in [-0.2, -0.15) is 10.2 Å². The number of hydrogen-bond donors (Lipinski definition) is 0. The van der Waals surface area contributed by atoms with Crippen LogP contribution < -0.4 is 4.74 Å². The van der Waals surface area contributed by atoms with Crippen molar-refractivity contribution in [2.75, 3.05) is 13.2 Å². The van der Waals surface area contributed by atoms with Crippen LogP contribution in [0.25, 0.3) is 11.4 Å². The van der Waals surface area contributed by atoms with Gasteiger partial charge in [0, 0.05) is 12.8 Å². The van der Waals surface area contributed by atoms with Crippen LogP contribution in [0.2, 0.25) is 0 Å². The third kappa shape index (κ3) is 4.11. The fraction of sp³-hybridized carbons (Fsp3) is 0.261. The van der Waals surface area contributed by atoms with Crippen LogP contribution >= 0.6 is 0 Å². The molecule has 0 N–H and O–H groups in total. The molecule has 3 heterocycles. The number of aromatic nitrogens is 5. The van der Waals surface area contributed by atoms with Crippen LogP contribution in [0.3, 0.4) is 0 Å². The van der Waals surface area contributed by atoms with E-state index in [0.29, 0.717) is 25.6 Å². The Bertz CT molecular complexity index is 1090. The van der Waals surface area contributed by atoms with E-state index in [0.717, 1.165) is 30.2 Å². The Kier molecular flexibility index (Phi) is 5.26. The highest BCUT2D eigenvalue weighted by molar-refractivity contribution is 5.53. The third-order valence-corrected chi connectivity index (χ3v) is 5.12. The Morgan fingerprint density at radius 3 is 2.60 bits per heavy atom. The first-order chi connectivity index (χ1) is 14.8. The lowest BCUT2D eigenvalue weighted by Crippen LogP contribution is -2.12. The molecule has 0 bridgehead atoms. The molecule has 0 spiro atoms. The van der Waals surface area contributed by atoms with Gasteiger partial charge in [0.2, 0.25) is 0 Å². The van der Waals surface area contributed by atoms with E-state index in [9.17, 15) is 0 Å². The first-order valence-corrected chi connectivity index (χ1v) is 10.1. The largest absolute Gasteiger partial charge is 0.486 e. The summed E-state index contributed by atoms with van der Waals surface area (Å²) in [4.78, 5) is 4.78. The molecule has 1 aliphatic rings. The van der Waals surface area contributed by atoms with Crippen molar-refractivity contribution in [2.45, 2.75) is 25.6 Å². The molecule has 4 aromatic rings. The molecule has 1 aliphatic heterocycles. The summed E-state index contributed by atoms with van der Waals surface area (Å²) in [6.07, 6.45) is 4.79. The quantitative estimate of drug-likeness (QED) is 0.472. The highest BCUT2D eigenvalue weighted by Crippen LogP contribution is 2.26. The van der Waals surface area contributed by atoms with E-state index in [-0.39, 0.29) is 6.04 Å². The Balaban J connectivity index is 1.39. The maximum Gasteiger partial charge on any atom is 0.188 e. The SMILES string of the molecule is c1ccc(Cn2cc(-c3nc(COc4ccccc4)nn3C3CCOC3)cn2)cc1. The van der Waals surface area contributed by atoms with Gasteiger partial charge in [0.1, 0.15) is 12.4 Å². The third-order valence-electron chi connectivity index (χ3n) is 5.12. The lowest BCUT2D eigenvalue weighted by Gasteiger charge is -2.10. The molecule has 5 rings (SSSR count). The predicted molar refractivity (Wildman–Crippen MR) is 112 cm³/mol. The van der Waals surface area contributed by atoms with Crippen LogP contribution in [0, 0.1) is 0 Å². The summed E-state index contributed by atoms with van der Waals surface area (Å²) in [5.41, 5.74) is 2.14. The molecular weight excluding hydrogens is 378 g/mol. The zero-order valence-corrected chi connectivity index (χ0v) is 16.6. The van der Waals surface area contributed by atoms with Crippen LogP contribution in [-0.4, -0.2) is 37.8 Å². The van der Waals surface area contributed by atoms with Gasteiger partial charge >= 0.3 is 0 Å². The van der Waals surface area contributed by atoms with Gasteiger partial charge in [0.15, 0.2) is 11.6 Å². The molecule has 1 atom stereocenters. The standard InChI is InChI=1S/C23H23N5O2/c1-3-7-18(8-4-1)14-27-15-19(13-24-27)23-25-22(17-30-21-9-5-2-6-10-21)26-28(23)20-11-12-29-16-20/h1-10,13,15,20H,11-12,14,16-17H2. The van der Waals surface area contributed by atoms with Crippen LogP contribution in [0.1, 0.15) is 23.9 Å². The van der Waals surface area contributed by atoms with Gasteiger partial charge in [0.05, 0.1) is 31.0 Å². The number of para-hydroxylation sites is 1. The van der Waals surface area contributed by atoms with Gasteiger partial charge in [-0.15, -0.1) is 0 Å². The van der Waals surface area contributed by atoms with Crippen molar-refractivity contribution in [1.29, 1.82) is 0 Å². The maximum atomic E-state index is 5.85. The van der Waals surface area contributed by atoms with Crippen molar-refractivity contribution in [3.63, 3.8) is 0 Å². The normalized spacial score (nSPS) is 16.1. The van der Waals surface area contributed by atoms with Crippen LogP contribution in [0.4, 0.5) is 0 Å². The molecule has 30 heavy (non-hydrogen) atoms. The average Bonchev–Trinajstić information content (AvgIpc) is 3.54.